The standard InChI is InChI=1S/C16H21N3O4/c1-11-3-4-13(23-11)16(20)17-9-14-15-12(5-7-22-14)10-19(18-15)6-8-21-2/h3-4,10,14H,5-9H2,1-2H3,(H,17,20)/t14-/m0/s1. The molecule has 23 heavy (non-hydrogen) atoms. The molecule has 1 aliphatic heterocycles. The van der Waals surface area contributed by atoms with Crippen LogP contribution in [0.2, 0.25) is 0 Å². The highest BCUT2D eigenvalue weighted by Crippen LogP contribution is 2.25. The number of nitrogens with zero attached hydrogens (tertiary/aromatic N) is 2. The first-order chi connectivity index (χ1) is 11.2. The van der Waals surface area contributed by atoms with E-state index >= 15 is 0 Å². The van der Waals surface area contributed by atoms with E-state index in [0.29, 0.717) is 37.8 Å². The predicted molar refractivity (Wildman–Crippen MR) is 82.3 cm³/mol. The van der Waals surface area contributed by atoms with Crippen molar-refractivity contribution >= 4 is 5.91 Å². The van der Waals surface area contributed by atoms with E-state index in [-0.39, 0.29) is 12.0 Å². The minimum atomic E-state index is -0.243. The highest BCUT2D eigenvalue weighted by Gasteiger charge is 2.25. The molecule has 0 unspecified atom stereocenters. The summed E-state index contributed by atoms with van der Waals surface area (Å²) < 4.78 is 18.0. The number of aromatic nitrogens is 2. The van der Waals surface area contributed by atoms with Crippen molar-refractivity contribution in [1.82, 2.24) is 15.1 Å². The normalized spacial score (nSPS) is 17.0. The molecule has 0 bridgehead atoms. The highest BCUT2D eigenvalue weighted by molar-refractivity contribution is 5.91. The molecule has 0 aliphatic carbocycles. The largest absolute Gasteiger partial charge is 0.456 e. The van der Waals surface area contributed by atoms with Crippen LogP contribution in [-0.4, -0.2) is 42.6 Å². The average molecular weight is 319 g/mol. The van der Waals surface area contributed by atoms with Crippen molar-refractivity contribution in [3.05, 3.63) is 41.1 Å². The molecule has 0 saturated heterocycles. The van der Waals surface area contributed by atoms with Gasteiger partial charge in [-0.2, -0.15) is 5.10 Å². The minimum Gasteiger partial charge on any atom is -0.456 e. The summed E-state index contributed by atoms with van der Waals surface area (Å²) in [5.74, 6) is 0.778. The van der Waals surface area contributed by atoms with Crippen LogP contribution in [0.4, 0.5) is 0 Å². The van der Waals surface area contributed by atoms with Gasteiger partial charge in [-0.3, -0.25) is 9.48 Å². The van der Waals surface area contributed by atoms with Crippen LogP contribution in [-0.2, 0) is 22.4 Å². The molecule has 1 atom stereocenters. The van der Waals surface area contributed by atoms with Crippen LogP contribution >= 0.6 is 0 Å². The third kappa shape index (κ3) is 3.62. The van der Waals surface area contributed by atoms with Crippen molar-refractivity contribution < 1.29 is 18.7 Å². The summed E-state index contributed by atoms with van der Waals surface area (Å²) in [6.07, 6.45) is 2.63. The summed E-state index contributed by atoms with van der Waals surface area (Å²) in [6.45, 7) is 4.12. The van der Waals surface area contributed by atoms with E-state index in [2.05, 4.69) is 10.4 Å². The molecule has 2 aromatic heterocycles. The first kappa shape index (κ1) is 15.8. The lowest BCUT2D eigenvalue weighted by atomic mass is 10.1. The zero-order chi connectivity index (χ0) is 16.2. The maximum absolute atomic E-state index is 12.1. The van der Waals surface area contributed by atoms with E-state index in [1.54, 1.807) is 26.2 Å². The second kappa shape index (κ2) is 6.97. The van der Waals surface area contributed by atoms with Crippen molar-refractivity contribution in [1.29, 1.82) is 0 Å². The van der Waals surface area contributed by atoms with Gasteiger partial charge in [0.05, 0.1) is 25.5 Å². The molecule has 7 heteroatoms. The SMILES string of the molecule is COCCn1cc2c(n1)[C@H](CNC(=O)c1ccc(C)o1)OCC2. The zero-order valence-corrected chi connectivity index (χ0v) is 13.4. The van der Waals surface area contributed by atoms with Crippen LogP contribution in [0, 0.1) is 6.92 Å². The van der Waals surface area contributed by atoms with Crippen LogP contribution in [0.15, 0.2) is 22.7 Å². The van der Waals surface area contributed by atoms with Crippen molar-refractivity contribution in [2.45, 2.75) is 26.0 Å². The average Bonchev–Trinajstić information content (AvgIpc) is 3.16. The quantitative estimate of drug-likeness (QED) is 0.872. The molecule has 0 saturated carbocycles. The molecule has 0 aromatic carbocycles. The van der Waals surface area contributed by atoms with Gasteiger partial charge in [0, 0.05) is 19.9 Å². The van der Waals surface area contributed by atoms with Crippen LogP contribution in [0.25, 0.3) is 0 Å². The summed E-state index contributed by atoms with van der Waals surface area (Å²) in [6, 6.07) is 3.43. The zero-order valence-electron chi connectivity index (χ0n) is 13.4. The van der Waals surface area contributed by atoms with Gasteiger partial charge < -0.3 is 19.2 Å². The van der Waals surface area contributed by atoms with Gasteiger partial charge in [0.1, 0.15) is 11.9 Å². The molecular weight excluding hydrogens is 298 g/mol. The number of hydrogen-bond donors (Lipinski definition) is 1. The summed E-state index contributed by atoms with van der Waals surface area (Å²) in [5.41, 5.74) is 2.06. The lowest BCUT2D eigenvalue weighted by Gasteiger charge is -2.22. The van der Waals surface area contributed by atoms with E-state index in [0.717, 1.165) is 12.1 Å². The fraction of sp³-hybridized carbons (Fsp3) is 0.500. The fourth-order valence-corrected chi connectivity index (χ4v) is 2.62. The Morgan fingerprint density at radius 2 is 2.39 bits per heavy atom. The van der Waals surface area contributed by atoms with Gasteiger partial charge in [-0.25, -0.2) is 0 Å². The van der Waals surface area contributed by atoms with E-state index in [1.165, 1.54) is 5.56 Å². The molecule has 3 heterocycles. The van der Waals surface area contributed by atoms with Gasteiger partial charge in [-0.1, -0.05) is 0 Å². The Morgan fingerprint density at radius 3 is 3.13 bits per heavy atom. The lowest BCUT2D eigenvalue weighted by Crippen LogP contribution is -2.31. The van der Waals surface area contributed by atoms with Gasteiger partial charge in [0.25, 0.3) is 5.91 Å². The Balaban J connectivity index is 1.63. The Hall–Kier alpha value is -2.12. The maximum Gasteiger partial charge on any atom is 0.287 e. The van der Waals surface area contributed by atoms with Crippen LogP contribution < -0.4 is 5.32 Å². The first-order valence-electron chi connectivity index (χ1n) is 7.69. The number of carbonyl (C=O) groups excluding carboxylic acids is 1. The molecule has 1 N–H and O–H groups in total. The van der Waals surface area contributed by atoms with Crippen molar-refractivity contribution in [3.63, 3.8) is 0 Å². The number of aryl methyl sites for hydroxylation is 1. The molecule has 3 rings (SSSR count). The second-order valence-electron chi connectivity index (χ2n) is 5.53. The Bertz CT molecular complexity index is 677. The van der Waals surface area contributed by atoms with E-state index in [9.17, 15) is 4.79 Å². The topological polar surface area (TPSA) is 78.5 Å². The van der Waals surface area contributed by atoms with E-state index in [4.69, 9.17) is 13.9 Å². The molecule has 0 fully saturated rings. The minimum absolute atomic E-state index is 0.234. The summed E-state index contributed by atoms with van der Waals surface area (Å²) >= 11 is 0. The van der Waals surface area contributed by atoms with Crippen LogP contribution in [0.3, 0.4) is 0 Å². The number of fused-ring (bicyclic) bond motifs is 1. The smallest absolute Gasteiger partial charge is 0.287 e. The summed E-state index contributed by atoms with van der Waals surface area (Å²) in [4.78, 5) is 12.1. The number of ether oxygens (including phenoxy) is 2. The molecule has 0 radical (unpaired) electrons. The molecule has 7 nitrogen and oxygen atoms in total. The molecule has 0 spiro atoms. The number of amides is 1. The summed E-state index contributed by atoms with van der Waals surface area (Å²) in [5, 5.41) is 7.41. The molecule has 2 aromatic rings. The Labute approximate surface area is 134 Å². The van der Waals surface area contributed by atoms with Crippen LogP contribution in [0.1, 0.15) is 33.7 Å². The first-order valence-corrected chi connectivity index (χ1v) is 7.69. The molecular formula is C16H21N3O4. The van der Waals surface area contributed by atoms with Gasteiger partial charge in [-0.05, 0) is 31.0 Å². The third-order valence-electron chi connectivity index (χ3n) is 3.80. The Morgan fingerprint density at radius 1 is 1.52 bits per heavy atom. The van der Waals surface area contributed by atoms with Gasteiger partial charge in [-0.15, -0.1) is 0 Å². The monoisotopic (exact) mass is 319 g/mol. The highest BCUT2D eigenvalue weighted by atomic mass is 16.5. The molecule has 1 amide bonds. The van der Waals surface area contributed by atoms with Gasteiger partial charge in [0.15, 0.2) is 5.76 Å². The Kier molecular flexibility index (Phi) is 4.78. The number of furan rings is 1. The van der Waals surface area contributed by atoms with Gasteiger partial charge in [0.2, 0.25) is 0 Å². The fourth-order valence-electron chi connectivity index (χ4n) is 2.62. The number of hydrogen-bond acceptors (Lipinski definition) is 5. The van der Waals surface area contributed by atoms with Crippen LogP contribution in [0.5, 0.6) is 0 Å². The van der Waals surface area contributed by atoms with E-state index < -0.39 is 0 Å². The number of methoxy groups -OCH3 is 1. The third-order valence-corrected chi connectivity index (χ3v) is 3.80. The lowest BCUT2D eigenvalue weighted by molar-refractivity contribution is 0.0379. The summed E-state index contributed by atoms with van der Waals surface area (Å²) in [7, 11) is 1.67. The number of nitrogens with one attached hydrogen (secondary N) is 1. The predicted octanol–water partition coefficient (Wildman–Crippen LogP) is 1.47. The van der Waals surface area contributed by atoms with Crippen molar-refractivity contribution in [2.24, 2.45) is 0 Å². The molecule has 124 valence electrons. The number of rotatable bonds is 6. The molecule has 1 aliphatic rings. The second-order valence-corrected chi connectivity index (χ2v) is 5.53. The number of carbonyl (C=O) groups is 1. The van der Waals surface area contributed by atoms with Crippen molar-refractivity contribution in [3.8, 4) is 0 Å². The van der Waals surface area contributed by atoms with Crippen molar-refractivity contribution in [2.75, 3.05) is 26.9 Å². The maximum atomic E-state index is 12.1. The van der Waals surface area contributed by atoms with E-state index in [1.807, 2.05) is 10.9 Å². The van der Waals surface area contributed by atoms with Gasteiger partial charge >= 0.3 is 0 Å².